The highest BCUT2D eigenvalue weighted by atomic mass is 16.5. The van der Waals surface area contributed by atoms with Crippen molar-refractivity contribution in [1.82, 2.24) is 15.1 Å². The summed E-state index contributed by atoms with van der Waals surface area (Å²) >= 11 is 0. The summed E-state index contributed by atoms with van der Waals surface area (Å²) in [6.45, 7) is 3.94. The summed E-state index contributed by atoms with van der Waals surface area (Å²) in [5.41, 5.74) is 0. The van der Waals surface area contributed by atoms with Crippen molar-refractivity contribution in [3.05, 3.63) is 0 Å². The number of carboxylic acid groups (broad SMARTS) is 1. The van der Waals surface area contributed by atoms with Gasteiger partial charge >= 0.3 is 6.09 Å². The van der Waals surface area contributed by atoms with Gasteiger partial charge in [0, 0.05) is 26.7 Å². The molecule has 0 spiro atoms. The molecule has 0 aromatic heterocycles. The molecular weight excluding hydrogens is 306 g/mol. The first-order valence-electron chi connectivity index (χ1n) is 7.65. The van der Waals surface area contributed by atoms with E-state index in [2.05, 4.69) is 5.32 Å². The summed E-state index contributed by atoms with van der Waals surface area (Å²) in [7, 11) is 1.48. The molecule has 2 fully saturated rings. The summed E-state index contributed by atoms with van der Waals surface area (Å²) in [6.07, 6.45) is -1.40. The third-order valence-electron chi connectivity index (χ3n) is 4.27. The van der Waals surface area contributed by atoms with E-state index in [9.17, 15) is 14.4 Å². The van der Waals surface area contributed by atoms with Crippen LogP contribution in [0.3, 0.4) is 0 Å². The SMILES string of the molecule is CO[C@H](C)[C@@H](C(=O)N1CCOCC1)N1CC[C@H](NC(=O)O)C1=O. The molecule has 3 atom stereocenters. The van der Waals surface area contributed by atoms with Crippen LogP contribution in [0.4, 0.5) is 4.79 Å². The first-order chi connectivity index (χ1) is 11.0. The predicted molar refractivity (Wildman–Crippen MR) is 78.9 cm³/mol. The van der Waals surface area contributed by atoms with E-state index in [0.717, 1.165) is 0 Å². The highest BCUT2D eigenvalue weighted by molar-refractivity contribution is 5.93. The minimum atomic E-state index is -1.25. The lowest BCUT2D eigenvalue weighted by Crippen LogP contribution is -2.57. The number of methoxy groups -OCH3 is 1. The largest absolute Gasteiger partial charge is 0.465 e. The second-order valence-electron chi connectivity index (χ2n) is 5.65. The Hall–Kier alpha value is -1.87. The molecule has 3 amide bonds. The Kier molecular flexibility index (Phi) is 5.78. The Balaban J connectivity index is 2.13. The number of carbonyl (C=O) groups is 3. The van der Waals surface area contributed by atoms with Crippen LogP contribution in [0, 0.1) is 0 Å². The highest BCUT2D eigenvalue weighted by Gasteiger charge is 2.43. The Morgan fingerprint density at radius 2 is 2.00 bits per heavy atom. The maximum Gasteiger partial charge on any atom is 0.405 e. The van der Waals surface area contributed by atoms with E-state index in [1.54, 1.807) is 11.8 Å². The highest BCUT2D eigenvalue weighted by Crippen LogP contribution is 2.20. The van der Waals surface area contributed by atoms with E-state index in [0.29, 0.717) is 39.3 Å². The third kappa shape index (κ3) is 3.91. The molecule has 0 radical (unpaired) electrons. The second-order valence-corrected chi connectivity index (χ2v) is 5.65. The number of rotatable bonds is 5. The molecule has 130 valence electrons. The van der Waals surface area contributed by atoms with Gasteiger partial charge in [-0.3, -0.25) is 9.59 Å². The van der Waals surface area contributed by atoms with E-state index >= 15 is 0 Å². The number of nitrogens with one attached hydrogen (secondary N) is 1. The minimum absolute atomic E-state index is 0.188. The van der Waals surface area contributed by atoms with Gasteiger partial charge in [-0.25, -0.2) is 4.79 Å². The van der Waals surface area contributed by atoms with E-state index in [-0.39, 0.29) is 11.8 Å². The quantitative estimate of drug-likeness (QED) is 0.678. The van der Waals surface area contributed by atoms with Crippen molar-refractivity contribution in [3.63, 3.8) is 0 Å². The summed E-state index contributed by atoms with van der Waals surface area (Å²) < 4.78 is 10.5. The molecule has 0 saturated carbocycles. The van der Waals surface area contributed by atoms with Gasteiger partial charge in [-0.1, -0.05) is 0 Å². The van der Waals surface area contributed by atoms with E-state index in [1.165, 1.54) is 12.0 Å². The van der Waals surface area contributed by atoms with Crippen LogP contribution in [0.1, 0.15) is 13.3 Å². The molecule has 2 saturated heterocycles. The van der Waals surface area contributed by atoms with Gasteiger partial charge < -0.3 is 29.7 Å². The number of carbonyl (C=O) groups excluding carboxylic acids is 2. The van der Waals surface area contributed by atoms with E-state index in [4.69, 9.17) is 14.6 Å². The van der Waals surface area contributed by atoms with Gasteiger partial charge in [-0.2, -0.15) is 0 Å². The van der Waals surface area contributed by atoms with Crippen molar-refractivity contribution in [3.8, 4) is 0 Å². The zero-order valence-electron chi connectivity index (χ0n) is 13.4. The van der Waals surface area contributed by atoms with Crippen molar-refractivity contribution in [2.45, 2.75) is 31.5 Å². The Morgan fingerprint density at radius 3 is 2.57 bits per heavy atom. The Morgan fingerprint density at radius 1 is 1.35 bits per heavy atom. The summed E-state index contributed by atoms with van der Waals surface area (Å²) in [5.74, 6) is -0.574. The monoisotopic (exact) mass is 329 g/mol. The summed E-state index contributed by atoms with van der Waals surface area (Å²) in [5, 5.41) is 11.0. The molecule has 2 N–H and O–H groups in total. The van der Waals surface area contributed by atoms with Gasteiger partial charge in [0.15, 0.2) is 0 Å². The minimum Gasteiger partial charge on any atom is -0.465 e. The first kappa shape index (κ1) is 17.5. The lowest BCUT2D eigenvalue weighted by Gasteiger charge is -2.36. The van der Waals surface area contributed by atoms with E-state index < -0.39 is 24.3 Å². The number of morpholine rings is 1. The average Bonchev–Trinajstić information content (AvgIpc) is 2.88. The number of hydrogen-bond donors (Lipinski definition) is 2. The summed E-state index contributed by atoms with van der Waals surface area (Å²) in [6, 6.07) is -1.57. The predicted octanol–water partition coefficient (Wildman–Crippen LogP) is -0.883. The Bertz CT molecular complexity index is 465. The molecule has 0 bridgehead atoms. The number of ether oxygens (including phenoxy) is 2. The fraction of sp³-hybridized carbons (Fsp3) is 0.786. The molecule has 2 aliphatic rings. The molecule has 9 nitrogen and oxygen atoms in total. The standard InChI is InChI=1S/C14H23N3O6/c1-9(22-2)11(13(19)16-5-7-23-8-6-16)17-4-3-10(12(17)18)15-14(20)21/h9-11,15H,3-8H2,1-2H3,(H,20,21)/t9-,10+,11+/m1/s1. The van der Waals surface area contributed by atoms with Crippen molar-refractivity contribution in [1.29, 1.82) is 0 Å². The van der Waals surface area contributed by atoms with Crippen molar-refractivity contribution >= 4 is 17.9 Å². The fourth-order valence-corrected chi connectivity index (χ4v) is 2.95. The van der Waals surface area contributed by atoms with Gasteiger partial charge in [0.05, 0.1) is 19.3 Å². The number of hydrogen-bond acceptors (Lipinski definition) is 5. The van der Waals surface area contributed by atoms with Crippen LogP contribution < -0.4 is 5.32 Å². The number of likely N-dealkylation sites (tertiary alicyclic amines) is 1. The smallest absolute Gasteiger partial charge is 0.405 e. The van der Waals surface area contributed by atoms with Crippen molar-refractivity contribution in [2.75, 3.05) is 40.0 Å². The van der Waals surface area contributed by atoms with Gasteiger partial charge in [-0.15, -0.1) is 0 Å². The molecule has 2 rings (SSSR count). The van der Waals surface area contributed by atoms with Crippen LogP contribution in [-0.2, 0) is 19.1 Å². The molecule has 0 unspecified atom stereocenters. The van der Waals surface area contributed by atoms with E-state index in [1.807, 2.05) is 0 Å². The molecule has 23 heavy (non-hydrogen) atoms. The lowest BCUT2D eigenvalue weighted by molar-refractivity contribution is -0.152. The van der Waals surface area contributed by atoms with Crippen LogP contribution in [0.2, 0.25) is 0 Å². The van der Waals surface area contributed by atoms with Gasteiger partial charge in [0.2, 0.25) is 11.8 Å². The van der Waals surface area contributed by atoms with Gasteiger partial charge in [-0.05, 0) is 13.3 Å². The van der Waals surface area contributed by atoms with Crippen LogP contribution in [0.5, 0.6) is 0 Å². The molecular formula is C14H23N3O6. The maximum absolute atomic E-state index is 12.8. The normalized spacial score (nSPS) is 24.4. The number of nitrogens with zero attached hydrogens (tertiary/aromatic N) is 2. The van der Waals surface area contributed by atoms with Gasteiger partial charge in [0.1, 0.15) is 12.1 Å². The van der Waals surface area contributed by atoms with Crippen LogP contribution in [-0.4, -0.2) is 91.0 Å². The average molecular weight is 329 g/mol. The molecule has 9 heteroatoms. The first-order valence-corrected chi connectivity index (χ1v) is 7.65. The van der Waals surface area contributed by atoms with Crippen LogP contribution in [0.15, 0.2) is 0 Å². The molecule has 0 aliphatic carbocycles. The second kappa shape index (κ2) is 7.60. The Labute approximate surface area is 134 Å². The lowest BCUT2D eigenvalue weighted by atomic mass is 10.1. The zero-order chi connectivity index (χ0) is 17.0. The van der Waals surface area contributed by atoms with Gasteiger partial charge in [0.25, 0.3) is 0 Å². The number of amides is 3. The summed E-state index contributed by atoms with van der Waals surface area (Å²) in [4.78, 5) is 39.1. The molecule has 0 aromatic rings. The van der Waals surface area contributed by atoms with Crippen molar-refractivity contribution in [2.24, 2.45) is 0 Å². The van der Waals surface area contributed by atoms with Crippen molar-refractivity contribution < 1.29 is 29.0 Å². The van der Waals surface area contributed by atoms with Crippen LogP contribution >= 0.6 is 0 Å². The zero-order valence-corrected chi connectivity index (χ0v) is 13.4. The fourth-order valence-electron chi connectivity index (χ4n) is 2.95. The molecule has 0 aromatic carbocycles. The molecule has 2 aliphatic heterocycles. The molecule has 2 heterocycles. The topological polar surface area (TPSA) is 108 Å². The van der Waals surface area contributed by atoms with Crippen LogP contribution in [0.25, 0.3) is 0 Å². The third-order valence-corrected chi connectivity index (χ3v) is 4.27. The maximum atomic E-state index is 12.8.